The van der Waals surface area contributed by atoms with E-state index in [1.807, 2.05) is 36.4 Å². The van der Waals surface area contributed by atoms with E-state index in [4.69, 9.17) is 15.2 Å². The molecule has 0 aliphatic carbocycles. The molecule has 0 bridgehead atoms. The van der Waals surface area contributed by atoms with Gasteiger partial charge in [-0.1, -0.05) is 12.1 Å². The molecule has 0 spiro atoms. The van der Waals surface area contributed by atoms with E-state index in [-0.39, 0.29) is 0 Å². The van der Waals surface area contributed by atoms with E-state index in [1.165, 1.54) is 0 Å². The van der Waals surface area contributed by atoms with Crippen molar-refractivity contribution in [3.05, 3.63) is 52.5 Å². The summed E-state index contributed by atoms with van der Waals surface area (Å²) in [4.78, 5) is 0. The molecule has 2 aromatic rings. The van der Waals surface area contributed by atoms with E-state index in [1.54, 1.807) is 13.2 Å². The minimum Gasteiger partial charge on any atom is -0.497 e. The van der Waals surface area contributed by atoms with Crippen LogP contribution in [0.5, 0.6) is 11.5 Å². The van der Waals surface area contributed by atoms with Crippen molar-refractivity contribution in [1.29, 1.82) is 0 Å². The molecular weight excluding hydrogens is 294 g/mol. The fourth-order valence-corrected chi connectivity index (χ4v) is 1.95. The summed E-state index contributed by atoms with van der Waals surface area (Å²) < 4.78 is 11.7. The van der Waals surface area contributed by atoms with Crippen LogP contribution in [0.4, 0.5) is 5.69 Å². The maximum atomic E-state index is 5.93. The predicted octanol–water partition coefficient (Wildman–Crippen LogP) is 3.62. The first-order valence-corrected chi connectivity index (χ1v) is 6.29. The van der Waals surface area contributed by atoms with Crippen LogP contribution in [0.25, 0.3) is 0 Å². The fraction of sp³-hybridized carbons (Fsp3) is 0.143. The van der Waals surface area contributed by atoms with Gasteiger partial charge in [0.2, 0.25) is 0 Å². The molecule has 0 saturated carbocycles. The number of benzene rings is 2. The quantitative estimate of drug-likeness (QED) is 0.877. The third kappa shape index (κ3) is 2.96. The van der Waals surface area contributed by atoms with Crippen LogP contribution < -0.4 is 15.2 Å². The van der Waals surface area contributed by atoms with Crippen molar-refractivity contribution < 1.29 is 9.47 Å². The maximum Gasteiger partial charge on any atom is 0.133 e. The number of nitrogens with two attached hydrogens (primary N) is 1. The van der Waals surface area contributed by atoms with E-state index < -0.39 is 0 Å². The first-order valence-electron chi connectivity index (χ1n) is 5.50. The number of ether oxygens (including phenoxy) is 2. The third-order valence-corrected chi connectivity index (χ3v) is 3.23. The van der Waals surface area contributed by atoms with Gasteiger partial charge in [-0.2, -0.15) is 0 Å². The highest BCUT2D eigenvalue weighted by Crippen LogP contribution is 2.26. The fourth-order valence-electron chi connectivity index (χ4n) is 1.55. The second kappa shape index (κ2) is 5.78. The van der Waals surface area contributed by atoms with Gasteiger partial charge in [-0.25, -0.2) is 0 Å². The minimum atomic E-state index is 0.429. The molecule has 0 saturated heterocycles. The van der Waals surface area contributed by atoms with Gasteiger partial charge in [0.25, 0.3) is 0 Å². The summed E-state index contributed by atoms with van der Waals surface area (Å²) >= 11 is 3.43. The number of anilines is 1. The molecule has 0 aromatic heterocycles. The lowest BCUT2D eigenvalue weighted by molar-refractivity contribution is 0.304. The first kappa shape index (κ1) is 12.8. The van der Waals surface area contributed by atoms with Crippen LogP contribution in [0.1, 0.15) is 5.56 Å². The summed E-state index contributed by atoms with van der Waals surface area (Å²) in [6.07, 6.45) is 0. The second-order valence-electron chi connectivity index (χ2n) is 3.78. The van der Waals surface area contributed by atoms with Crippen LogP contribution in [0.15, 0.2) is 46.9 Å². The Balaban J connectivity index is 2.09. The number of hydrogen-bond acceptors (Lipinski definition) is 3. The van der Waals surface area contributed by atoms with Crippen molar-refractivity contribution in [2.24, 2.45) is 0 Å². The lowest BCUT2D eigenvalue weighted by atomic mass is 10.2. The smallest absolute Gasteiger partial charge is 0.133 e. The largest absolute Gasteiger partial charge is 0.497 e. The number of nitrogen functional groups attached to an aromatic ring is 1. The third-order valence-electron chi connectivity index (χ3n) is 2.57. The van der Waals surface area contributed by atoms with Crippen molar-refractivity contribution in [2.45, 2.75) is 6.61 Å². The van der Waals surface area contributed by atoms with E-state index in [0.717, 1.165) is 21.5 Å². The van der Waals surface area contributed by atoms with Crippen LogP contribution in [-0.4, -0.2) is 7.11 Å². The normalized spacial score (nSPS) is 10.1. The van der Waals surface area contributed by atoms with Crippen LogP contribution in [0.2, 0.25) is 0 Å². The zero-order valence-corrected chi connectivity index (χ0v) is 11.6. The van der Waals surface area contributed by atoms with Crippen LogP contribution in [0, 0.1) is 0 Å². The molecule has 4 heteroatoms. The maximum absolute atomic E-state index is 5.93. The zero-order chi connectivity index (χ0) is 13.0. The van der Waals surface area contributed by atoms with Gasteiger partial charge >= 0.3 is 0 Å². The van der Waals surface area contributed by atoms with Crippen molar-refractivity contribution >= 4 is 21.6 Å². The van der Waals surface area contributed by atoms with E-state index in [9.17, 15) is 0 Å². The van der Waals surface area contributed by atoms with Crippen LogP contribution in [-0.2, 0) is 6.61 Å². The molecule has 0 atom stereocenters. The Bertz CT molecular complexity index is 543. The molecule has 0 aliphatic rings. The van der Waals surface area contributed by atoms with E-state index >= 15 is 0 Å². The molecule has 0 unspecified atom stereocenters. The van der Waals surface area contributed by atoms with Gasteiger partial charge in [-0.05, 0) is 40.2 Å². The highest BCUT2D eigenvalue weighted by atomic mass is 79.9. The first-order chi connectivity index (χ1) is 8.70. The van der Waals surface area contributed by atoms with Crippen molar-refractivity contribution in [3.63, 3.8) is 0 Å². The van der Waals surface area contributed by atoms with E-state index in [2.05, 4.69) is 15.9 Å². The van der Waals surface area contributed by atoms with E-state index in [0.29, 0.717) is 12.3 Å². The molecule has 0 amide bonds. The Morgan fingerprint density at radius 1 is 1.17 bits per heavy atom. The topological polar surface area (TPSA) is 44.5 Å². The summed E-state index contributed by atoms with van der Waals surface area (Å²) in [5, 5.41) is 0. The number of para-hydroxylation sites is 1. The molecule has 0 fully saturated rings. The highest BCUT2D eigenvalue weighted by molar-refractivity contribution is 9.10. The summed E-state index contributed by atoms with van der Waals surface area (Å²) in [7, 11) is 1.62. The summed E-state index contributed by atoms with van der Waals surface area (Å²) in [5.41, 5.74) is 7.53. The molecule has 2 N–H and O–H groups in total. The monoisotopic (exact) mass is 307 g/mol. The van der Waals surface area contributed by atoms with Gasteiger partial charge in [0, 0.05) is 17.3 Å². The summed E-state index contributed by atoms with van der Waals surface area (Å²) in [6, 6.07) is 13.3. The molecular formula is C14H14BrNO2. The molecule has 0 aliphatic heterocycles. The Morgan fingerprint density at radius 3 is 2.61 bits per heavy atom. The predicted molar refractivity (Wildman–Crippen MR) is 75.9 cm³/mol. The summed E-state index contributed by atoms with van der Waals surface area (Å²) in [6.45, 7) is 0.429. The number of halogens is 1. The standard InChI is InChI=1S/C14H14BrNO2/c1-17-11-7-6-10(13(16)8-11)9-18-14-5-3-2-4-12(14)15/h2-8H,9,16H2,1H3. The Kier molecular flexibility index (Phi) is 4.10. The molecule has 2 aromatic carbocycles. The van der Waals surface area contributed by atoms with Gasteiger partial charge in [0.05, 0.1) is 11.6 Å². The molecule has 94 valence electrons. The molecule has 0 radical (unpaired) electrons. The second-order valence-corrected chi connectivity index (χ2v) is 4.64. The van der Waals surface area contributed by atoms with Crippen LogP contribution in [0.3, 0.4) is 0 Å². The Hall–Kier alpha value is -1.68. The molecule has 0 heterocycles. The average Bonchev–Trinajstić information content (AvgIpc) is 2.39. The molecule has 18 heavy (non-hydrogen) atoms. The van der Waals surface area contributed by atoms with Gasteiger partial charge < -0.3 is 15.2 Å². The number of hydrogen-bond donors (Lipinski definition) is 1. The average molecular weight is 308 g/mol. The number of rotatable bonds is 4. The van der Waals surface area contributed by atoms with Crippen molar-refractivity contribution in [2.75, 3.05) is 12.8 Å². The Labute approximate surface area is 115 Å². The Morgan fingerprint density at radius 2 is 1.94 bits per heavy atom. The van der Waals surface area contributed by atoms with Crippen LogP contribution >= 0.6 is 15.9 Å². The van der Waals surface area contributed by atoms with Gasteiger partial charge in [-0.15, -0.1) is 0 Å². The zero-order valence-electron chi connectivity index (χ0n) is 10.0. The van der Waals surface area contributed by atoms with Gasteiger partial charge in [-0.3, -0.25) is 0 Å². The summed E-state index contributed by atoms with van der Waals surface area (Å²) in [5.74, 6) is 1.55. The lowest BCUT2D eigenvalue weighted by Crippen LogP contribution is -2.01. The van der Waals surface area contributed by atoms with Gasteiger partial charge in [0.15, 0.2) is 0 Å². The lowest BCUT2D eigenvalue weighted by Gasteiger charge is -2.10. The number of methoxy groups -OCH3 is 1. The highest BCUT2D eigenvalue weighted by Gasteiger charge is 2.04. The van der Waals surface area contributed by atoms with Crippen molar-refractivity contribution in [1.82, 2.24) is 0 Å². The van der Waals surface area contributed by atoms with Crippen molar-refractivity contribution in [3.8, 4) is 11.5 Å². The molecule has 2 rings (SSSR count). The van der Waals surface area contributed by atoms with Gasteiger partial charge in [0.1, 0.15) is 18.1 Å². The SMILES string of the molecule is COc1ccc(COc2ccccc2Br)c(N)c1. The molecule has 3 nitrogen and oxygen atoms in total. The minimum absolute atomic E-state index is 0.429.